The molecule has 0 amide bonds. The van der Waals surface area contributed by atoms with Crippen molar-refractivity contribution < 1.29 is 9.90 Å². The first-order chi connectivity index (χ1) is 6.00. The van der Waals surface area contributed by atoms with E-state index in [-0.39, 0.29) is 0 Å². The van der Waals surface area contributed by atoms with Gasteiger partial charge < -0.3 is 16.6 Å². The van der Waals surface area contributed by atoms with Gasteiger partial charge in [-0.05, 0) is 13.3 Å². The molecular formula is C9H20N2O2. The van der Waals surface area contributed by atoms with Crippen molar-refractivity contribution in [1.82, 2.24) is 0 Å². The van der Waals surface area contributed by atoms with Crippen LogP contribution in [0.15, 0.2) is 12.2 Å². The average Bonchev–Trinajstić information content (AvgIpc) is 2.08. The van der Waals surface area contributed by atoms with Crippen LogP contribution in [-0.4, -0.2) is 23.2 Å². The van der Waals surface area contributed by atoms with Crippen molar-refractivity contribution in [3.05, 3.63) is 12.2 Å². The number of hydrogen-bond acceptors (Lipinski definition) is 3. The molecule has 0 rings (SSSR count). The van der Waals surface area contributed by atoms with E-state index >= 15 is 0 Å². The first-order valence-corrected chi connectivity index (χ1v) is 4.38. The van der Waals surface area contributed by atoms with E-state index in [4.69, 9.17) is 16.6 Å². The Morgan fingerprint density at radius 2 is 1.92 bits per heavy atom. The molecule has 0 radical (unpaired) electrons. The van der Waals surface area contributed by atoms with Crippen LogP contribution in [0.2, 0.25) is 0 Å². The van der Waals surface area contributed by atoms with Gasteiger partial charge in [0.2, 0.25) is 0 Å². The van der Waals surface area contributed by atoms with Crippen molar-refractivity contribution in [3.63, 3.8) is 0 Å². The van der Waals surface area contributed by atoms with Crippen LogP contribution >= 0.6 is 0 Å². The Labute approximate surface area is 79.6 Å². The molecule has 0 aliphatic carbocycles. The zero-order valence-electron chi connectivity index (χ0n) is 8.58. The highest BCUT2D eigenvalue weighted by molar-refractivity contribution is 5.78. The van der Waals surface area contributed by atoms with E-state index in [2.05, 4.69) is 0 Å². The summed E-state index contributed by atoms with van der Waals surface area (Å²) in [5.41, 5.74) is 9.39. The first kappa shape index (κ1) is 14.6. The third kappa shape index (κ3) is 7.49. The number of carboxylic acid groups (broad SMARTS) is 1. The Morgan fingerprint density at radius 3 is 2.23 bits per heavy atom. The highest BCUT2D eigenvalue weighted by Crippen LogP contribution is 2.05. The van der Waals surface area contributed by atoms with Crippen LogP contribution in [-0.2, 0) is 4.79 Å². The van der Waals surface area contributed by atoms with Crippen LogP contribution in [0.1, 0.15) is 27.2 Å². The van der Waals surface area contributed by atoms with Crippen LogP contribution in [0.25, 0.3) is 0 Å². The van der Waals surface area contributed by atoms with E-state index in [1.165, 1.54) is 6.92 Å². The van der Waals surface area contributed by atoms with Crippen molar-refractivity contribution in [2.24, 2.45) is 11.5 Å². The van der Waals surface area contributed by atoms with Gasteiger partial charge in [-0.2, -0.15) is 0 Å². The molecule has 0 aliphatic rings. The van der Waals surface area contributed by atoms with Gasteiger partial charge in [0.15, 0.2) is 0 Å². The molecule has 0 aromatic rings. The van der Waals surface area contributed by atoms with Crippen molar-refractivity contribution >= 4 is 5.97 Å². The third-order valence-electron chi connectivity index (χ3n) is 1.33. The fourth-order valence-electron chi connectivity index (χ4n) is 0.512. The summed E-state index contributed by atoms with van der Waals surface area (Å²) in [6.45, 7) is 5.88. The van der Waals surface area contributed by atoms with E-state index in [9.17, 15) is 4.79 Å². The second-order valence-corrected chi connectivity index (χ2v) is 2.63. The monoisotopic (exact) mass is 188 g/mol. The molecule has 0 spiro atoms. The normalized spacial score (nSPS) is 14.5. The molecule has 4 heteroatoms. The summed E-state index contributed by atoms with van der Waals surface area (Å²) in [7, 11) is 0. The Hall–Kier alpha value is -0.870. The Morgan fingerprint density at radius 1 is 1.46 bits per heavy atom. The smallest absolute Gasteiger partial charge is 0.323 e. The van der Waals surface area contributed by atoms with E-state index in [1.54, 1.807) is 12.2 Å². The molecule has 0 fully saturated rings. The minimum absolute atomic E-state index is 0.305. The van der Waals surface area contributed by atoms with Crippen molar-refractivity contribution in [2.45, 2.75) is 32.7 Å². The standard InChI is InChI=1S/C7H14N2O2.C2H6/c1-7(9,6(10)11)4-2-3-5-8;1-2/h2-3H,4-5,8-9H2,1H3,(H,10,11);1-2H3/b3-2+;. The average molecular weight is 188 g/mol. The maximum atomic E-state index is 10.4. The van der Waals surface area contributed by atoms with Gasteiger partial charge in [0, 0.05) is 6.54 Å². The summed E-state index contributed by atoms with van der Waals surface area (Å²) < 4.78 is 0. The molecule has 0 saturated carbocycles. The first-order valence-electron chi connectivity index (χ1n) is 4.38. The number of carbonyl (C=O) groups is 1. The molecule has 0 aromatic carbocycles. The number of hydrogen-bond donors (Lipinski definition) is 3. The zero-order chi connectivity index (χ0) is 10.9. The SMILES string of the molecule is CC.CC(N)(C/C=C/CN)C(=O)O. The minimum Gasteiger partial charge on any atom is -0.480 e. The van der Waals surface area contributed by atoms with Crippen molar-refractivity contribution in [3.8, 4) is 0 Å². The van der Waals surface area contributed by atoms with Crippen LogP contribution < -0.4 is 11.5 Å². The fraction of sp³-hybridized carbons (Fsp3) is 0.667. The van der Waals surface area contributed by atoms with E-state index in [0.29, 0.717) is 13.0 Å². The molecule has 0 aromatic heterocycles. The van der Waals surface area contributed by atoms with Gasteiger partial charge in [-0.1, -0.05) is 26.0 Å². The molecule has 78 valence electrons. The summed E-state index contributed by atoms with van der Waals surface area (Å²) in [5.74, 6) is -1.00. The lowest BCUT2D eigenvalue weighted by Crippen LogP contribution is -2.44. The largest absolute Gasteiger partial charge is 0.480 e. The number of aliphatic carboxylic acids is 1. The fourth-order valence-corrected chi connectivity index (χ4v) is 0.512. The van der Waals surface area contributed by atoms with Crippen molar-refractivity contribution in [2.75, 3.05) is 6.54 Å². The second kappa shape index (κ2) is 7.76. The van der Waals surface area contributed by atoms with Crippen molar-refractivity contribution in [1.29, 1.82) is 0 Å². The number of rotatable bonds is 4. The summed E-state index contributed by atoms with van der Waals surface area (Å²) in [6, 6.07) is 0. The van der Waals surface area contributed by atoms with Crippen LogP contribution in [0.5, 0.6) is 0 Å². The molecule has 4 nitrogen and oxygen atoms in total. The summed E-state index contributed by atoms with van der Waals surface area (Å²) >= 11 is 0. The van der Waals surface area contributed by atoms with Gasteiger partial charge in [0.05, 0.1) is 0 Å². The molecule has 0 heterocycles. The van der Waals surface area contributed by atoms with Gasteiger partial charge in [0.25, 0.3) is 0 Å². The molecule has 0 aliphatic heterocycles. The van der Waals surface area contributed by atoms with Gasteiger partial charge in [-0.15, -0.1) is 0 Å². The Balaban J connectivity index is 0. The molecule has 5 N–H and O–H groups in total. The molecule has 13 heavy (non-hydrogen) atoms. The molecule has 1 atom stereocenters. The quantitative estimate of drug-likeness (QED) is 0.567. The summed E-state index contributed by atoms with van der Waals surface area (Å²) in [6.07, 6.45) is 3.67. The number of carboxylic acids is 1. The van der Waals surface area contributed by atoms with Gasteiger partial charge in [0.1, 0.15) is 5.54 Å². The van der Waals surface area contributed by atoms with Crippen LogP contribution in [0.3, 0.4) is 0 Å². The second-order valence-electron chi connectivity index (χ2n) is 2.63. The van der Waals surface area contributed by atoms with E-state index < -0.39 is 11.5 Å². The lowest BCUT2D eigenvalue weighted by atomic mass is 10.00. The highest BCUT2D eigenvalue weighted by Gasteiger charge is 2.25. The van der Waals surface area contributed by atoms with Gasteiger partial charge in [-0.25, -0.2) is 0 Å². The summed E-state index contributed by atoms with van der Waals surface area (Å²) in [4.78, 5) is 10.4. The van der Waals surface area contributed by atoms with Crippen LogP contribution in [0, 0.1) is 0 Å². The topological polar surface area (TPSA) is 89.3 Å². The lowest BCUT2D eigenvalue weighted by molar-refractivity contribution is -0.142. The van der Waals surface area contributed by atoms with E-state index in [0.717, 1.165) is 0 Å². The lowest BCUT2D eigenvalue weighted by Gasteiger charge is -2.15. The minimum atomic E-state index is -1.17. The Bertz CT molecular complexity index is 165. The third-order valence-corrected chi connectivity index (χ3v) is 1.33. The number of nitrogens with two attached hydrogens (primary N) is 2. The predicted molar refractivity (Wildman–Crippen MR) is 54.4 cm³/mol. The molecular weight excluding hydrogens is 168 g/mol. The van der Waals surface area contributed by atoms with Gasteiger partial charge >= 0.3 is 5.97 Å². The van der Waals surface area contributed by atoms with Crippen LogP contribution in [0.4, 0.5) is 0 Å². The zero-order valence-corrected chi connectivity index (χ0v) is 8.58. The highest BCUT2D eigenvalue weighted by atomic mass is 16.4. The molecule has 0 saturated heterocycles. The Kier molecular flexibility index (Phi) is 8.74. The molecule has 0 bridgehead atoms. The summed E-state index contributed by atoms with van der Waals surface area (Å²) in [5, 5.41) is 8.55. The maximum Gasteiger partial charge on any atom is 0.323 e. The predicted octanol–water partition coefficient (Wildman–Crippen LogP) is 0.720. The van der Waals surface area contributed by atoms with E-state index in [1.807, 2.05) is 13.8 Å². The van der Waals surface area contributed by atoms with Gasteiger partial charge in [-0.3, -0.25) is 4.79 Å². The maximum absolute atomic E-state index is 10.4. The molecule has 1 unspecified atom stereocenters.